The first-order valence-electron chi connectivity index (χ1n) is 5.86. The van der Waals surface area contributed by atoms with E-state index in [1.165, 1.54) is 4.90 Å². The molecule has 2 saturated heterocycles. The maximum atomic E-state index is 11.3. The molecule has 0 aliphatic carbocycles. The highest BCUT2D eigenvalue weighted by Gasteiger charge is 2.29. The Labute approximate surface area is 95.1 Å². The second kappa shape index (κ2) is 4.93. The van der Waals surface area contributed by atoms with Crippen molar-refractivity contribution >= 4 is 11.8 Å². The lowest BCUT2D eigenvalue weighted by Crippen LogP contribution is -2.41. The van der Waals surface area contributed by atoms with Crippen LogP contribution < -0.4 is 5.32 Å². The van der Waals surface area contributed by atoms with E-state index in [4.69, 9.17) is 4.74 Å². The first-order valence-corrected chi connectivity index (χ1v) is 5.86. The smallest absolute Gasteiger partial charge is 0.229 e. The minimum Gasteiger partial charge on any atom is -0.377 e. The number of imide groups is 1. The molecule has 2 heterocycles. The third kappa shape index (κ3) is 2.41. The highest BCUT2D eigenvalue weighted by molar-refractivity contribution is 6.01. The minimum atomic E-state index is -0.0393. The van der Waals surface area contributed by atoms with Gasteiger partial charge in [-0.3, -0.25) is 14.5 Å². The molecular formula is C11H18N2O3. The van der Waals surface area contributed by atoms with Crippen molar-refractivity contribution in [1.82, 2.24) is 10.2 Å². The Morgan fingerprint density at radius 2 is 2.06 bits per heavy atom. The Hall–Kier alpha value is -0.940. The number of ether oxygens (including phenoxy) is 1. The maximum Gasteiger partial charge on any atom is 0.229 e. The van der Waals surface area contributed by atoms with Crippen molar-refractivity contribution in [2.75, 3.05) is 19.7 Å². The molecule has 0 spiro atoms. The fraction of sp³-hybridized carbons (Fsp3) is 0.818. The normalized spacial score (nSPS) is 30.4. The van der Waals surface area contributed by atoms with Gasteiger partial charge in [0.05, 0.1) is 6.10 Å². The van der Waals surface area contributed by atoms with Crippen molar-refractivity contribution in [3.63, 3.8) is 0 Å². The number of amides is 2. The Morgan fingerprint density at radius 1 is 1.38 bits per heavy atom. The minimum absolute atomic E-state index is 0.0393. The van der Waals surface area contributed by atoms with Crippen LogP contribution in [0.15, 0.2) is 0 Å². The van der Waals surface area contributed by atoms with Crippen molar-refractivity contribution in [2.45, 2.75) is 38.3 Å². The molecule has 2 fully saturated rings. The highest BCUT2D eigenvalue weighted by atomic mass is 16.5. The quantitative estimate of drug-likeness (QED) is 0.680. The standard InChI is InChI=1S/C11H18N2O3/c1-8-9(4-7-16-8)12-5-6-13-10(14)2-3-11(13)15/h8-9,12H,2-7H2,1H3. The predicted octanol–water partition coefficient (Wildman–Crippen LogP) is -0.0976. The van der Waals surface area contributed by atoms with Crippen LogP contribution in [0.25, 0.3) is 0 Å². The molecule has 2 aliphatic rings. The van der Waals surface area contributed by atoms with Crippen molar-refractivity contribution in [2.24, 2.45) is 0 Å². The number of hydrogen-bond donors (Lipinski definition) is 1. The molecule has 1 N–H and O–H groups in total. The number of likely N-dealkylation sites (tertiary alicyclic amines) is 1. The van der Waals surface area contributed by atoms with Crippen LogP contribution in [-0.2, 0) is 14.3 Å². The number of carbonyl (C=O) groups is 2. The van der Waals surface area contributed by atoms with Crippen LogP contribution in [0.3, 0.4) is 0 Å². The van der Waals surface area contributed by atoms with Crippen LogP contribution >= 0.6 is 0 Å². The van der Waals surface area contributed by atoms with Gasteiger partial charge in [0.1, 0.15) is 0 Å². The first kappa shape index (κ1) is 11.5. The van der Waals surface area contributed by atoms with Gasteiger partial charge in [-0.05, 0) is 13.3 Å². The van der Waals surface area contributed by atoms with Crippen LogP contribution in [0.2, 0.25) is 0 Å². The van der Waals surface area contributed by atoms with Gasteiger partial charge >= 0.3 is 0 Å². The second-order valence-corrected chi connectivity index (χ2v) is 4.36. The van der Waals surface area contributed by atoms with Crippen molar-refractivity contribution in [1.29, 1.82) is 0 Å². The monoisotopic (exact) mass is 226 g/mol. The summed E-state index contributed by atoms with van der Waals surface area (Å²) in [4.78, 5) is 24.0. The molecule has 2 amide bonds. The van der Waals surface area contributed by atoms with Gasteiger partial charge in [0, 0.05) is 38.6 Å². The van der Waals surface area contributed by atoms with Gasteiger partial charge in [-0.2, -0.15) is 0 Å². The van der Waals surface area contributed by atoms with Crippen molar-refractivity contribution < 1.29 is 14.3 Å². The summed E-state index contributed by atoms with van der Waals surface area (Å²) in [5.74, 6) is -0.0787. The van der Waals surface area contributed by atoms with E-state index in [9.17, 15) is 9.59 Å². The van der Waals surface area contributed by atoms with Crippen molar-refractivity contribution in [3.8, 4) is 0 Å². The molecule has 16 heavy (non-hydrogen) atoms. The lowest BCUT2D eigenvalue weighted by molar-refractivity contribution is -0.138. The zero-order valence-corrected chi connectivity index (χ0v) is 9.57. The molecule has 2 unspecified atom stereocenters. The number of nitrogens with one attached hydrogen (secondary N) is 1. The molecule has 5 heteroatoms. The van der Waals surface area contributed by atoms with Crippen LogP contribution in [0, 0.1) is 0 Å². The lowest BCUT2D eigenvalue weighted by atomic mass is 10.1. The van der Waals surface area contributed by atoms with E-state index in [-0.39, 0.29) is 17.9 Å². The molecule has 0 aromatic rings. The zero-order valence-electron chi connectivity index (χ0n) is 9.57. The number of carbonyl (C=O) groups excluding carboxylic acids is 2. The Morgan fingerprint density at radius 3 is 2.62 bits per heavy atom. The van der Waals surface area contributed by atoms with Gasteiger partial charge in [0.2, 0.25) is 11.8 Å². The van der Waals surface area contributed by atoms with Crippen LogP contribution in [0.5, 0.6) is 0 Å². The van der Waals surface area contributed by atoms with Gasteiger partial charge in [0.25, 0.3) is 0 Å². The maximum absolute atomic E-state index is 11.3. The third-order valence-electron chi connectivity index (χ3n) is 3.27. The molecule has 0 radical (unpaired) electrons. The fourth-order valence-electron chi connectivity index (χ4n) is 2.23. The lowest BCUT2D eigenvalue weighted by Gasteiger charge is -2.19. The van der Waals surface area contributed by atoms with E-state index in [1.54, 1.807) is 0 Å². The SMILES string of the molecule is CC1OCCC1NCCN1C(=O)CCC1=O. The topological polar surface area (TPSA) is 58.6 Å². The molecule has 2 atom stereocenters. The van der Waals surface area contributed by atoms with E-state index < -0.39 is 0 Å². The Kier molecular flexibility index (Phi) is 3.56. The van der Waals surface area contributed by atoms with E-state index in [1.807, 2.05) is 6.92 Å². The van der Waals surface area contributed by atoms with Gasteiger partial charge in [0.15, 0.2) is 0 Å². The summed E-state index contributed by atoms with van der Waals surface area (Å²) in [5.41, 5.74) is 0. The molecule has 0 aromatic heterocycles. The van der Waals surface area contributed by atoms with E-state index >= 15 is 0 Å². The highest BCUT2D eigenvalue weighted by Crippen LogP contribution is 2.13. The zero-order chi connectivity index (χ0) is 11.5. The molecule has 5 nitrogen and oxygen atoms in total. The average Bonchev–Trinajstić information content (AvgIpc) is 2.79. The summed E-state index contributed by atoms with van der Waals surface area (Å²) in [6.45, 7) is 3.98. The summed E-state index contributed by atoms with van der Waals surface area (Å²) < 4.78 is 5.42. The number of nitrogens with zero attached hydrogens (tertiary/aromatic N) is 1. The summed E-state index contributed by atoms with van der Waals surface area (Å²) in [6.07, 6.45) is 1.98. The summed E-state index contributed by atoms with van der Waals surface area (Å²) >= 11 is 0. The third-order valence-corrected chi connectivity index (χ3v) is 3.27. The van der Waals surface area contributed by atoms with Gasteiger partial charge in [-0.15, -0.1) is 0 Å². The largest absolute Gasteiger partial charge is 0.377 e. The Bertz CT molecular complexity index is 277. The number of rotatable bonds is 4. The molecule has 0 saturated carbocycles. The van der Waals surface area contributed by atoms with Crippen LogP contribution in [-0.4, -0.2) is 48.6 Å². The van der Waals surface area contributed by atoms with E-state index in [0.29, 0.717) is 32.0 Å². The second-order valence-electron chi connectivity index (χ2n) is 4.36. The molecule has 2 aliphatic heterocycles. The Balaban J connectivity index is 1.71. The fourth-order valence-corrected chi connectivity index (χ4v) is 2.23. The van der Waals surface area contributed by atoms with Crippen molar-refractivity contribution in [3.05, 3.63) is 0 Å². The summed E-state index contributed by atoms with van der Waals surface area (Å²) in [6, 6.07) is 0.354. The first-order chi connectivity index (χ1) is 7.68. The molecular weight excluding hydrogens is 208 g/mol. The molecule has 0 bridgehead atoms. The van der Waals surface area contributed by atoms with Crippen LogP contribution in [0.4, 0.5) is 0 Å². The number of hydrogen-bond acceptors (Lipinski definition) is 4. The summed E-state index contributed by atoms with van der Waals surface area (Å²) in [5, 5.41) is 3.33. The van der Waals surface area contributed by atoms with E-state index in [2.05, 4.69) is 5.32 Å². The molecule has 0 aromatic carbocycles. The van der Waals surface area contributed by atoms with E-state index in [0.717, 1.165) is 13.0 Å². The summed E-state index contributed by atoms with van der Waals surface area (Å²) in [7, 11) is 0. The molecule has 90 valence electrons. The van der Waals surface area contributed by atoms with Crippen LogP contribution in [0.1, 0.15) is 26.2 Å². The van der Waals surface area contributed by atoms with Gasteiger partial charge < -0.3 is 10.1 Å². The van der Waals surface area contributed by atoms with Gasteiger partial charge in [-0.25, -0.2) is 0 Å². The average molecular weight is 226 g/mol. The predicted molar refractivity (Wildman–Crippen MR) is 57.8 cm³/mol. The molecule has 2 rings (SSSR count). The van der Waals surface area contributed by atoms with Gasteiger partial charge in [-0.1, -0.05) is 0 Å².